The summed E-state index contributed by atoms with van der Waals surface area (Å²) in [6, 6.07) is 11.3. The Kier molecular flexibility index (Phi) is 6.40. The van der Waals surface area contributed by atoms with E-state index in [0.29, 0.717) is 36.6 Å². The lowest BCUT2D eigenvalue weighted by molar-refractivity contribution is -0.132. The van der Waals surface area contributed by atoms with Crippen molar-refractivity contribution in [1.29, 1.82) is 5.26 Å². The molecule has 1 unspecified atom stereocenters. The van der Waals surface area contributed by atoms with Gasteiger partial charge in [-0.3, -0.25) is 9.98 Å². The van der Waals surface area contributed by atoms with Gasteiger partial charge in [-0.25, -0.2) is 4.79 Å². The fourth-order valence-corrected chi connectivity index (χ4v) is 3.05. The molecule has 0 spiro atoms. The van der Waals surface area contributed by atoms with Crippen LogP contribution in [0.2, 0.25) is 0 Å². The molecule has 1 N–H and O–H groups in total. The van der Waals surface area contributed by atoms with Gasteiger partial charge in [0.25, 0.3) is 0 Å². The number of carboxylic acid groups (broad SMARTS) is 1. The van der Waals surface area contributed by atoms with E-state index in [1.807, 2.05) is 24.3 Å². The smallest absolute Gasteiger partial charge is 0.336 e. The van der Waals surface area contributed by atoms with Gasteiger partial charge in [0.15, 0.2) is 0 Å². The van der Waals surface area contributed by atoms with Crippen LogP contribution < -0.4 is 4.74 Å². The van der Waals surface area contributed by atoms with E-state index in [-0.39, 0.29) is 11.6 Å². The molecule has 0 radical (unpaired) electrons. The van der Waals surface area contributed by atoms with Crippen molar-refractivity contribution in [3.63, 3.8) is 0 Å². The van der Waals surface area contributed by atoms with Gasteiger partial charge < -0.3 is 9.84 Å². The summed E-state index contributed by atoms with van der Waals surface area (Å²) in [5.74, 6) is 0.185. The number of carbonyl (C=O) groups is 1. The molecule has 0 fully saturated rings. The Hall–Kier alpha value is -3.46. The molecule has 29 heavy (non-hydrogen) atoms. The van der Waals surface area contributed by atoms with Gasteiger partial charge in [-0.15, -0.1) is 0 Å². The molecule has 0 saturated heterocycles. The first-order chi connectivity index (χ1) is 14.0. The molecular formula is C23H23N3O3. The average molecular weight is 389 g/mol. The number of aromatic nitrogens is 1. The molecule has 0 saturated carbocycles. The number of hydrogen-bond donors (Lipinski definition) is 1. The molecule has 2 aromatic rings. The summed E-state index contributed by atoms with van der Waals surface area (Å²) in [4.78, 5) is 20.0. The van der Waals surface area contributed by atoms with Crippen LogP contribution in [0, 0.1) is 17.2 Å². The second-order valence-corrected chi connectivity index (χ2v) is 7.34. The van der Waals surface area contributed by atoms with Crippen LogP contribution in [0.25, 0.3) is 11.1 Å². The maximum atomic E-state index is 11.1. The molecule has 6 nitrogen and oxygen atoms in total. The summed E-state index contributed by atoms with van der Waals surface area (Å²) >= 11 is 0. The number of nitrogens with zero attached hydrogens (tertiary/aromatic N) is 3. The van der Waals surface area contributed by atoms with Gasteiger partial charge in [-0.05, 0) is 42.5 Å². The van der Waals surface area contributed by atoms with Crippen LogP contribution in [0.3, 0.4) is 0 Å². The van der Waals surface area contributed by atoms with Crippen molar-refractivity contribution in [3.8, 4) is 22.9 Å². The van der Waals surface area contributed by atoms with Gasteiger partial charge in [0, 0.05) is 18.0 Å². The van der Waals surface area contributed by atoms with E-state index in [1.54, 1.807) is 18.3 Å². The Balaban J connectivity index is 1.87. The zero-order valence-corrected chi connectivity index (χ0v) is 16.5. The standard InChI is InChI=1S/C23H23N3O3/c1-15(2)14-29-19-7-3-5-16(9-19)20-13-26-22(10-18(20)11-24)21-8-4-6-17(12-25-21)23(27)28/h3,5-7,9-10,12-13,15,21H,4,8,14H2,1-2H3,(H,27,28). The molecule has 1 atom stereocenters. The minimum Gasteiger partial charge on any atom is -0.493 e. The Morgan fingerprint density at radius 3 is 2.93 bits per heavy atom. The first-order valence-corrected chi connectivity index (χ1v) is 9.58. The molecule has 1 aromatic carbocycles. The van der Waals surface area contributed by atoms with Crippen LogP contribution >= 0.6 is 0 Å². The number of rotatable bonds is 6. The van der Waals surface area contributed by atoms with Crippen LogP contribution in [-0.2, 0) is 4.79 Å². The average Bonchev–Trinajstić information content (AvgIpc) is 2.98. The molecule has 0 amide bonds. The lowest BCUT2D eigenvalue weighted by atomic mass is 9.99. The molecule has 6 heteroatoms. The number of benzene rings is 1. The van der Waals surface area contributed by atoms with Gasteiger partial charge in [-0.2, -0.15) is 5.26 Å². The molecule has 1 aliphatic heterocycles. The molecule has 148 valence electrons. The normalized spacial score (nSPS) is 16.1. The van der Waals surface area contributed by atoms with Crippen LogP contribution in [0.4, 0.5) is 0 Å². The molecule has 1 aromatic heterocycles. The third-order valence-electron chi connectivity index (χ3n) is 4.56. The summed E-state index contributed by atoms with van der Waals surface area (Å²) in [5.41, 5.74) is 2.94. The summed E-state index contributed by atoms with van der Waals surface area (Å²) < 4.78 is 5.79. The molecule has 3 rings (SSSR count). The van der Waals surface area contributed by atoms with Crippen molar-refractivity contribution < 1.29 is 14.6 Å². The van der Waals surface area contributed by atoms with E-state index in [4.69, 9.17) is 9.84 Å². The maximum absolute atomic E-state index is 11.1. The maximum Gasteiger partial charge on any atom is 0.336 e. The Morgan fingerprint density at radius 2 is 2.21 bits per heavy atom. The fraction of sp³-hybridized carbons (Fsp3) is 0.304. The third-order valence-corrected chi connectivity index (χ3v) is 4.56. The minimum atomic E-state index is -0.991. The summed E-state index contributed by atoms with van der Waals surface area (Å²) in [5, 5.41) is 18.8. The second-order valence-electron chi connectivity index (χ2n) is 7.34. The van der Waals surface area contributed by atoms with Crippen molar-refractivity contribution in [1.82, 2.24) is 4.98 Å². The van der Waals surface area contributed by atoms with Gasteiger partial charge in [0.1, 0.15) is 5.75 Å². The predicted molar refractivity (Wildman–Crippen MR) is 111 cm³/mol. The van der Waals surface area contributed by atoms with Crippen LogP contribution in [0.1, 0.15) is 44.0 Å². The van der Waals surface area contributed by atoms with Crippen molar-refractivity contribution in [2.45, 2.75) is 32.7 Å². The first-order valence-electron chi connectivity index (χ1n) is 9.58. The van der Waals surface area contributed by atoms with Crippen LogP contribution in [-0.4, -0.2) is 28.9 Å². The van der Waals surface area contributed by atoms with E-state index >= 15 is 0 Å². The summed E-state index contributed by atoms with van der Waals surface area (Å²) in [6.45, 7) is 4.80. The fourth-order valence-electron chi connectivity index (χ4n) is 3.05. The van der Waals surface area contributed by atoms with E-state index in [0.717, 1.165) is 16.9 Å². The topological polar surface area (TPSA) is 95.6 Å². The van der Waals surface area contributed by atoms with Crippen molar-refractivity contribution in [2.24, 2.45) is 10.9 Å². The number of ether oxygens (including phenoxy) is 1. The van der Waals surface area contributed by atoms with E-state index in [2.05, 4.69) is 29.9 Å². The highest BCUT2D eigenvalue weighted by Crippen LogP contribution is 2.30. The highest BCUT2D eigenvalue weighted by atomic mass is 16.5. The lowest BCUT2D eigenvalue weighted by Crippen LogP contribution is -2.04. The Labute approximate surface area is 170 Å². The SMILES string of the molecule is CC(C)COc1cccc(-c2cnc(C3CCC=C(C(=O)O)C=N3)cc2C#N)c1. The van der Waals surface area contributed by atoms with Crippen molar-refractivity contribution in [3.05, 3.63) is 59.4 Å². The number of nitriles is 1. The van der Waals surface area contributed by atoms with Crippen molar-refractivity contribution in [2.75, 3.05) is 6.61 Å². The molecular weight excluding hydrogens is 366 g/mol. The molecule has 0 aliphatic carbocycles. The third kappa shape index (κ3) is 5.08. The molecule has 2 heterocycles. The minimum absolute atomic E-state index is 0.183. The van der Waals surface area contributed by atoms with E-state index < -0.39 is 5.97 Å². The number of aliphatic imine (C=N–C) groups is 1. The second kappa shape index (κ2) is 9.16. The summed E-state index contributed by atoms with van der Waals surface area (Å²) in [6.07, 6.45) is 5.95. The number of aliphatic carboxylic acids is 1. The highest BCUT2D eigenvalue weighted by molar-refractivity contribution is 6.08. The van der Waals surface area contributed by atoms with Gasteiger partial charge in [-0.1, -0.05) is 32.1 Å². The van der Waals surface area contributed by atoms with E-state index in [1.165, 1.54) is 6.21 Å². The highest BCUT2D eigenvalue weighted by Gasteiger charge is 2.18. The number of carboxylic acids is 1. The monoisotopic (exact) mass is 389 g/mol. The first kappa shape index (κ1) is 20.3. The van der Waals surface area contributed by atoms with Crippen LogP contribution in [0.5, 0.6) is 5.75 Å². The quantitative estimate of drug-likeness (QED) is 0.781. The van der Waals surface area contributed by atoms with Crippen molar-refractivity contribution >= 4 is 12.2 Å². The van der Waals surface area contributed by atoms with Gasteiger partial charge >= 0.3 is 5.97 Å². The van der Waals surface area contributed by atoms with E-state index in [9.17, 15) is 10.1 Å². The molecule has 0 bridgehead atoms. The zero-order chi connectivity index (χ0) is 20.8. The van der Waals surface area contributed by atoms with Crippen LogP contribution in [0.15, 0.2) is 53.2 Å². The lowest BCUT2D eigenvalue weighted by Gasteiger charge is -2.13. The Bertz CT molecular complexity index is 1000. The predicted octanol–water partition coefficient (Wildman–Crippen LogP) is 4.57. The Morgan fingerprint density at radius 1 is 1.38 bits per heavy atom. The van der Waals surface area contributed by atoms with Gasteiger partial charge in [0.2, 0.25) is 0 Å². The number of hydrogen-bond acceptors (Lipinski definition) is 5. The zero-order valence-electron chi connectivity index (χ0n) is 16.5. The summed E-state index contributed by atoms with van der Waals surface area (Å²) in [7, 11) is 0. The van der Waals surface area contributed by atoms with Gasteiger partial charge in [0.05, 0.1) is 35.5 Å². The number of pyridine rings is 1. The number of allylic oxidation sites excluding steroid dienone is 1. The largest absolute Gasteiger partial charge is 0.493 e. The molecule has 1 aliphatic rings.